The number of nitrogens with one attached hydrogen (secondary N) is 1. The molecule has 0 aromatic heterocycles. The van der Waals surface area contributed by atoms with Crippen molar-refractivity contribution in [1.29, 1.82) is 0 Å². The molecular formula is C11H17NO8. The molecule has 0 aliphatic carbocycles. The quantitative estimate of drug-likeness (QED) is 0.474. The van der Waals surface area contributed by atoms with Crippen LogP contribution in [0.25, 0.3) is 0 Å². The molecule has 0 bridgehead atoms. The second-order valence-corrected chi connectivity index (χ2v) is 4.90. The first-order chi connectivity index (χ1) is 8.94. The molecular weight excluding hydrogens is 274 g/mol. The lowest BCUT2D eigenvalue weighted by molar-refractivity contribution is -0.165. The summed E-state index contributed by atoms with van der Waals surface area (Å²) < 4.78 is 9.06. The summed E-state index contributed by atoms with van der Waals surface area (Å²) >= 11 is 0. The van der Waals surface area contributed by atoms with Crippen molar-refractivity contribution in [2.24, 2.45) is 0 Å². The minimum absolute atomic E-state index is 0.874. The van der Waals surface area contributed by atoms with Gasteiger partial charge in [-0.1, -0.05) is 0 Å². The van der Waals surface area contributed by atoms with Gasteiger partial charge in [0.2, 0.25) is 5.54 Å². The van der Waals surface area contributed by atoms with Crippen molar-refractivity contribution in [3.8, 4) is 0 Å². The van der Waals surface area contributed by atoms with E-state index in [0.717, 1.165) is 7.11 Å². The zero-order valence-corrected chi connectivity index (χ0v) is 11.6. The number of rotatable bonds is 5. The summed E-state index contributed by atoms with van der Waals surface area (Å²) in [5, 5.41) is 19.6. The Kier molecular flexibility index (Phi) is 5.50. The van der Waals surface area contributed by atoms with E-state index in [-0.39, 0.29) is 0 Å². The van der Waals surface area contributed by atoms with Crippen molar-refractivity contribution in [2.45, 2.75) is 38.3 Å². The molecule has 9 nitrogen and oxygen atoms in total. The second-order valence-electron chi connectivity index (χ2n) is 4.90. The summed E-state index contributed by atoms with van der Waals surface area (Å²) in [6, 6.07) is 0. The van der Waals surface area contributed by atoms with Gasteiger partial charge in [-0.05, 0) is 20.8 Å². The SMILES string of the molecule is COC(=O)[C@](CC(=O)O)(NC(=O)OC(C)(C)C)C(=O)O. The summed E-state index contributed by atoms with van der Waals surface area (Å²) in [6.45, 7) is 4.55. The lowest BCUT2D eigenvalue weighted by Crippen LogP contribution is -2.62. The smallest absolute Gasteiger partial charge is 0.409 e. The van der Waals surface area contributed by atoms with E-state index >= 15 is 0 Å². The molecule has 0 saturated carbocycles. The summed E-state index contributed by atoms with van der Waals surface area (Å²) in [5.41, 5.74) is -3.70. The van der Waals surface area contributed by atoms with Crippen LogP contribution in [0.15, 0.2) is 0 Å². The Balaban J connectivity index is 5.41. The van der Waals surface area contributed by atoms with E-state index in [2.05, 4.69) is 4.74 Å². The summed E-state index contributed by atoms with van der Waals surface area (Å²) in [7, 11) is 0.874. The van der Waals surface area contributed by atoms with Gasteiger partial charge in [0, 0.05) is 0 Å². The molecule has 20 heavy (non-hydrogen) atoms. The number of amides is 1. The Morgan fingerprint density at radius 3 is 1.90 bits per heavy atom. The Bertz CT molecular complexity index is 425. The normalized spacial score (nSPS) is 13.8. The maximum atomic E-state index is 11.6. The first-order valence-corrected chi connectivity index (χ1v) is 5.49. The molecule has 1 amide bonds. The number of alkyl carbamates (subject to hydrolysis) is 1. The van der Waals surface area contributed by atoms with Crippen LogP contribution in [-0.4, -0.2) is 52.5 Å². The Morgan fingerprint density at radius 2 is 1.60 bits per heavy atom. The molecule has 0 aromatic carbocycles. The Hall–Kier alpha value is -2.32. The standard InChI is InChI=1S/C11H17NO8/c1-10(2,3)20-9(18)12-11(7(15)16,5-6(13)14)8(17)19-4/h5H2,1-4H3,(H,12,18)(H,13,14)(H,15,16)/t11-/m1/s1. The molecule has 0 saturated heterocycles. The molecule has 0 radical (unpaired) electrons. The molecule has 0 fully saturated rings. The van der Waals surface area contributed by atoms with Crippen molar-refractivity contribution in [3.63, 3.8) is 0 Å². The highest BCUT2D eigenvalue weighted by molar-refractivity contribution is 6.09. The molecule has 0 rings (SSSR count). The third kappa shape index (κ3) is 4.75. The number of carboxylic acids is 2. The minimum Gasteiger partial charge on any atom is -0.481 e. The van der Waals surface area contributed by atoms with Crippen LogP contribution in [0, 0.1) is 0 Å². The monoisotopic (exact) mass is 291 g/mol. The van der Waals surface area contributed by atoms with Gasteiger partial charge in [-0.15, -0.1) is 0 Å². The van der Waals surface area contributed by atoms with Crippen LogP contribution < -0.4 is 5.32 Å². The fourth-order valence-electron chi connectivity index (χ4n) is 1.26. The van der Waals surface area contributed by atoms with E-state index in [1.807, 2.05) is 0 Å². The summed E-state index contributed by atoms with van der Waals surface area (Å²) in [6.07, 6.45) is -2.43. The van der Waals surface area contributed by atoms with Crippen LogP contribution in [0.3, 0.4) is 0 Å². The van der Waals surface area contributed by atoms with E-state index in [0.29, 0.717) is 0 Å². The van der Waals surface area contributed by atoms with Crippen LogP contribution in [0.1, 0.15) is 27.2 Å². The molecule has 1 atom stereocenters. The van der Waals surface area contributed by atoms with Gasteiger partial charge in [-0.3, -0.25) is 10.1 Å². The first-order valence-electron chi connectivity index (χ1n) is 5.49. The molecule has 0 unspecified atom stereocenters. The molecule has 0 heterocycles. The number of ether oxygens (including phenoxy) is 2. The number of carboxylic acid groups (broad SMARTS) is 2. The van der Waals surface area contributed by atoms with Crippen LogP contribution in [-0.2, 0) is 23.9 Å². The number of hydrogen-bond donors (Lipinski definition) is 3. The van der Waals surface area contributed by atoms with Crippen molar-refractivity contribution in [3.05, 3.63) is 0 Å². The van der Waals surface area contributed by atoms with Gasteiger partial charge in [-0.2, -0.15) is 0 Å². The highest BCUT2D eigenvalue weighted by atomic mass is 16.6. The van der Waals surface area contributed by atoms with E-state index in [1.54, 1.807) is 5.32 Å². The number of methoxy groups -OCH3 is 1. The molecule has 3 N–H and O–H groups in total. The zero-order valence-electron chi connectivity index (χ0n) is 11.6. The van der Waals surface area contributed by atoms with Crippen LogP contribution in [0.2, 0.25) is 0 Å². The van der Waals surface area contributed by atoms with Gasteiger partial charge in [0.05, 0.1) is 13.5 Å². The van der Waals surface area contributed by atoms with Crippen molar-refractivity contribution in [1.82, 2.24) is 5.32 Å². The Morgan fingerprint density at radius 1 is 1.10 bits per heavy atom. The maximum Gasteiger partial charge on any atom is 0.409 e. The first kappa shape index (κ1) is 17.7. The summed E-state index contributed by atoms with van der Waals surface area (Å²) in [5.74, 6) is -4.88. The maximum absolute atomic E-state index is 11.6. The van der Waals surface area contributed by atoms with Crippen LogP contribution in [0.5, 0.6) is 0 Å². The highest BCUT2D eigenvalue weighted by Crippen LogP contribution is 2.16. The van der Waals surface area contributed by atoms with E-state index in [1.165, 1.54) is 20.8 Å². The van der Waals surface area contributed by atoms with Crippen LogP contribution >= 0.6 is 0 Å². The van der Waals surface area contributed by atoms with Gasteiger partial charge in [0.1, 0.15) is 5.60 Å². The third-order valence-corrected chi connectivity index (χ3v) is 2.03. The van der Waals surface area contributed by atoms with Crippen molar-refractivity contribution >= 4 is 24.0 Å². The topological polar surface area (TPSA) is 139 Å². The number of hydrogen-bond acceptors (Lipinski definition) is 6. The Labute approximate surface area is 114 Å². The number of carbonyl (C=O) groups excluding carboxylic acids is 2. The van der Waals surface area contributed by atoms with Crippen LogP contribution in [0.4, 0.5) is 4.79 Å². The lowest BCUT2D eigenvalue weighted by atomic mass is 9.95. The second kappa shape index (κ2) is 6.22. The average molecular weight is 291 g/mol. The minimum atomic E-state index is -2.75. The van der Waals surface area contributed by atoms with Gasteiger partial charge >= 0.3 is 24.0 Å². The predicted octanol–water partition coefficient (Wildman–Crippen LogP) is -0.0178. The molecule has 0 aromatic rings. The predicted molar refractivity (Wildman–Crippen MR) is 64.0 cm³/mol. The molecule has 0 spiro atoms. The van der Waals surface area contributed by atoms with E-state index in [4.69, 9.17) is 14.9 Å². The molecule has 114 valence electrons. The molecule has 0 aliphatic rings. The van der Waals surface area contributed by atoms with Gasteiger partial charge in [0.15, 0.2) is 0 Å². The van der Waals surface area contributed by atoms with Gasteiger partial charge < -0.3 is 19.7 Å². The van der Waals surface area contributed by atoms with Gasteiger partial charge in [0.25, 0.3) is 0 Å². The average Bonchev–Trinajstić information content (AvgIpc) is 2.23. The number of aliphatic carboxylic acids is 2. The zero-order chi connectivity index (χ0) is 16.1. The number of carbonyl (C=O) groups is 4. The number of esters is 1. The van der Waals surface area contributed by atoms with E-state index < -0.39 is 41.6 Å². The molecule has 0 aliphatic heterocycles. The van der Waals surface area contributed by atoms with Crippen molar-refractivity contribution in [2.75, 3.05) is 7.11 Å². The third-order valence-electron chi connectivity index (χ3n) is 2.03. The van der Waals surface area contributed by atoms with Crippen molar-refractivity contribution < 1.29 is 38.9 Å². The fraction of sp³-hybridized carbons (Fsp3) is 0.636. The lowest BCUT2D eigenvalue weighted by Gasteiger charge is -2.28. The van der Waals surface area contributed by atoms with Gasteiger partial charge in [-0.25, -0.2) is 14.4 Å². The summed E-state index contributed by atoms with van der Waals surface area (Å²) in [4.78, 5) is 45.1. The van der Waals surface area contributed by atoms with E-state index in [9.17, 15) is 19.2 Å². The largest absolute Gasteiger partial charge is 0.481 e. The molecule has 9 heteroatoms. The highest BCUT2D eigenvalue weighted by Gasteiger charge is 2.51. The fourth-order valence-corrected chi connectivity index (χ4v) is 1.26.